The second-order valence-corrected chi connectivity index (χ2v) is 6.79. The number of carbonyl (C=O) groups excluding carboxylic acids is 1. The van der Waals surface area contributed by atoms with Crippen LogP contribution in [0.15, 0.2) is 30.9 Å². The number of aryl methyl sites for hydroxylation is 1. The lowest BCUT2D eigenvalue weighted by atomic mass is 10.0. The lowest BCUT2D eigenvalue weighted by Gasteiger charge is -2.35. The Morgan fingerprint density at radius 1 is 1.38 bits per heavy atom. The zero-order chi connectivity index (χ0) is 17.2. The molecule has 1 fully saturated rings. The number of hydrogen-bond acceptors (Lipinski definition) is 5. The first-order valence-corrected chi connectivity index (χ1v) is 8.31. The number of amides is 1. The molecule has 7 heteroatoms. The molecule has 1 saturated heterocycles. The highest BCUT2D eigenvalue weighted by molar-refractivity contribution is 5.83. The number of nitrogens with one attached hydrogen (secondary N) is 1. The third-order valence-corrected chi connectivity index (χ3v) is 4.50. The van der Waals surface area contributed by atoms with Gasteiger partial charge in [0.25, 0.3) is 0 Å². The summed E-state index contributed by atoms with van der Waals surface area (Å²) < 4.78 is 1.59. The minimum Gasteiger partial charge on any atom is -0.355 e. The summed E-state index contributed by atoms with van der Waals surface area (Å²) in [5.41, 5.74) is 0.242. The fraction of sp³-hybridized carbons (Fsp3) is 0.529. The molecule has 3 heterocycles. The first-order valence-electron chi connectivity index (χ1n) is 8.31. The maximum atomic E-state index is 12.7. The molecule has 1 atom stereocenters. The van der Waals surface area contributed by atoms with Crippen molar-refractivity contribution < 1.29 is 4.79 Å². The Labute approximate surface area is 142 Å². The second-order valence-electron chi connectivity index (χ2n) is 6.79. The van der Waals surface area contributed by atoms with E-state index in [9.17, 15) is 4.79 Å². The van der Waals surface area contributed by atoms with Crippen molar-refractivity contribution in [1.29, 1.82) is 0 Å². The summed E-state index contributed by atoms with van der Waals surface area (Å²) in [5.74, 6) is 0.932. The van der Waals surface area contributed by atoms with E-state index >= 15 is 0 Å². The summed E-state index contributed by atoms with van der Waals surface area (Å²) in [6.07, 6.45) is 5.02. The molecule has 2 aromatic heterocycles. The lowest BCUT2D eigenvalue weighted by Crippen LogP contribution is -2.53. The van der Waals surface area contributed by atoms with Gasteiger partial charge in [-0.25, -0.2) is 14.6 Å². The van der Waals surface area contributed by atoms with Crippen molar-refractivity contribution in [1.82, 2.24) is 25.1 Å². The zero-order valence-electron chi connectivity index (χ0n) is 14.4. The third-order valence-electron chi connectivity index (χ3n) is 4.50. The molecule has 128 valence electrons. The van der Waals surface area contributed by atoms with E-state index in [-0.39, 0.29) is 11.9 Å². The van der Waals surface area contributed by atoms with Crippen LogP contribution in [0, 0.1) is 6.92 Å². The Balaban J connectivity index is 1.66. The van der Waals surface area contributed by atoms with Crippen LogP contribution in [0.25, 0.3) is 0 Å². The number of rotatable bonds is 4. The number of pyridine rings is 1. The van der Waals surface area contributed by atoms with Crippen molar-refractivity contribution in [3.05, 3.63) is 36.5 Å². The number of carbonyl (C=O) groups is 1. The number of nitrogens with zero attached hydrogens (tertiary/aromatic N) is 5. The molecule has 0 spiro atoms. The highest BCUT2D eigenvalue weighted by Crippen LogP contribution is 2.20. The van der Waals surface area contributed by atoms with Crippen LogP contribution in [-0.4, -0.2) is 44.8 Å². The third kappa shape index (κ3) is 3.39. The van der Waals surface area contributed by atoms with E-state index in [1.807, 2.05) is 39.0 Å². The molecule has 1 aliphatic heterocycles. The van der Waals surface area contributed by atoms with E-state index in [0.717, 1.165) is 37.4 Å². The molecule has 0 aromatic carbocycles. The molecular formula is C17H24N6O. The summed E-state index contributed by atoms with van der Waals surface area (Å²) in [4.78, 5) is 23.5. The largest absolute Gasteiger partial charge is 0.355 e. The molecule has 0 radical (unpaired) electrons. The number of anilines is 1. The van der Waals surface area contributed by atoms with Gasteiger partial charge in [0.1, 0.15) is 24.0 Å². The fourth-order valence-electron chi connectivity index (χ4n) is 2.97. The van der Waals surface area contributed by atoms with Crippen LogP contribution in [0.5, 0.6) is 0 Å². The van der Waals surface area contributed by atoms with Crippen LogP contribution in [0.2, 0.25) is 0 Å². The quantitative estimate of drug-likeness (QED) is 0.920. The van der Waals surface area contributed by atoms with Gasteiger partial charge in [0.15, 0.2) is 0 Å². The van der Waals surface area contributed by atoms with E-state index in [0.29, 0.717) is 0 Å². The van der Waals surface area contributed by atoms with Crippen LogP contribution in [0.1, 0.15) is 32.4 Å². The molecule has 1 N–H and O–H groups in total. The van der Waals surface area contributed by atoms with E-state index < -0.39 is 5.54 Å². The van der Waals surface area contributed by atoms with Crippen molar-refractivity contribution in [3.63, 3.8) is 0 Å². The second kappa shape index (κ2) is 6.59. The SMILES string of the molecule is Cc1cccc(N2CCC[C@@H](NC(=O)C(C)(C)n3cncn3)C2)n1. The Morgan fingerprint density at radius 2 is 2.21 bits per heavy atom. The van der Waals surface area contributed by atoms with Crippen molar-refractivity contribution in [2.45, 2.75) is 45.2 Å². The van der Waals surface area contributed by atoms with Gasteiger partial charge in [-0.2, -0.15) is 5.10 Å². The predicted octanol–water partition coefficient (Wildman–Crippen LogP) is 1.50. The van der Waals surface area contributed by atoms with Gasteiger partial charge < -0.3 is 10.2 Å². The minimum absolute atomic E-state index is 0.0444. The standard InChI is InChI=1S/C17H24N6O/c1-13-6-4-8-15(20-13)22-9-5-7-14(10-22)21-16(24)17(2,3)23-12-18-11-19-23/h4,6,8,11-12,14H,5,7,9-10H2,1-3H3,(H,21,24)/t14-/m1/s1. The van der Waals surface area contributed by atoms with Crippen molar-refractivity contribution in [3.8, 4) is 0 Å². The van der Waals surface area contributed by atoms with E-state index in [1.165, 1.54) is 6.33 Å². The molecule has 0 unspecified atom stereocenters. The molecule has 2 aromatic rings. The highest BCUT2D eigenvalue weighted by atomic mass is 16.2. The molecule has 24 heavy (non-hydrogen) atoms. The number of piperidine rings is 1. The molecule has 0 aliphatic carbocycles. The Hall–Kier alpha value is -2.44. The average Bonchev–Trinajstić information content (AvgIpc) is 3.10. The summed E-state index contributed by atoms with van der Waals surface area (Å²) in [6.45, 7) is 7.43. The van der Waals surface area contributed by atoms with Gasteiger partial charge in [-0.3, -0.25) is 4.79 Å². The smallest absolute Gasteiger partial charge is 0.247 e. The Bertz CT molecular complexity index is 697. The predicted molar refractivity (Wildman–Crippen MR) is 91.7 cm³/mol. The maximum Gasteiger partial charge on any atom is 0.247 e. The molecule has 7 nitrogen and oxygen atoms in total. The van der Waals surface area contributed by atoms with Crippen LogP contribution in [0.3, 0.4) is 0 Å². The van der Waals surface area contributed by atoms with Gasteiger partial charge in [0.2, 0.25) is 5.91 Å². The maximum absolute atomic E-state index is 12.7. The topological polar surface area (TPSA) is 75.9 Å². The number of hydrogen-bond donors (Lipinski definition) is 1. The van der Waals surface area contributed by atoms with Crippen molar-refractivity contribution in [2.75, 3.05) is 18.0 Å². The van der Waals surface area contributed by atoms with Gasteiger partial charge >= 0.3 is 0 Å². The lowest BCUT2D eigenvalue weighted by molar-refractivity contribution is -0.129. The molecular weight excluding hydrogens is 304 g/mol. The normalized spacial score (nSPS) is 18.5. The average molecular weight is 328 g/mol. The van der Waals surface area contributed by atoms with Gasteiger partial charge in [-0.1, -0.05) is 6.07 Å². The summed E-state index contributed by atoms with van der Waals surface area (Å²) in [7, 11) is 0. The van der Waals surface area contributed by atoms with Gasteiger partial charge in [0.05, 0.1) is 0 Å². The monoisotopic (exact) mass is 328 g/mol. The van der Waals surface area contributed by atoms with Crippen LogP contribution in [0.4, 0.5) is 5.82 Å². The minimum atomic E-state index is -0.764. The fourth-order valence-corrected chi connectivity index (χ4v) is 2.97. The molecule has 1 aliphatic rings. The van der Waals surface area contributed by atoms with E-state index in [1.54, 1.807) is 11.0 Å². The first-order chi connectivity index (χ1) is 11.5. The zero-order valence-corrected chi connectivity index (χ0v) is 14.4. The Kier molecular flexibility index (Phi) is 4.51. The van der Waals surface area contributed by atoms with Crippen LogP contribution >= 0.6 is 0 Å². The Morgan fingerprint density at radius 3 is 2.92 bits per heavy atom. The molecule has 0 bridgehead atoms. The van der Waals surface area contributed by atoms with Gasteiger partial charge in [0, 0.05) is 24.8 Å². The van der Waals surface area contributed by atoms with Crippen molar-refractivity contribution in [2.24, 2.45) is 0 Å². The van der Waals surface area contributed by atoms with Crippen LogP contribution < -0.4 is 10.2 Å². The van der Waals surface area contributed by atoms with Gasteiger partial charge in [-0.05, 0) is 45.7 Å². The number of aromatic nitrogens is 4. The summed E-state index contributed by atoms with van der Waals surface area (Å²) >= 11 is 0. The van der Waals surface area contributed by atoms with Crippen molar-refractivity contribution >= 4 is 11.7 Å². The highest BCUT2D eigenvalue weighted by Gasteiger charge is 2.33. The van der Waals surface area contributed by atoms with Gasteiger partial charge in [-0.15, -0.1) is 0 Å². The molecule has 0 saturated carbocycles. The molecule has 3 rings (SSSR count). The summed E-state index contributed by atoms with van der Waals surface area (Å²) in [6, 6.07) is 6.15. The van der Waals surface area contributed by atoms with Crippen LogP contribution in [-0.2, 0) is 10.3 Å². The molecule has 1 amide bonds. The van der Waals surface area contributed by atoms with E-state index in [4.69, 9.17) is 0 Å². The summed E-state index contributed by atoms with van der Waals surface area (Å²) in [5, 5.41) is 7.26. The first kappa shape index (κ1) is 16.4. The van der Waals surface area contributed by atoms with E-state index in [2.05, 4.69) is 25.3 Å².